The fraction of sp³-hybridized carbons (Fsp3) is 0.143. The van der Waals surface area contributed by atoms with Crippen LogP contribution >= 0.6 is 0 Å². The molecule has 136 valence electrons. The fourth-order valence-corrected chi connectivity index (χ4v) is 3.00. The Hall–Kier alpha value is -3.25. The largest absolute Gasteiger partial charge is 0.492 e. The van der Waals surface area contributed by atoms with Gasteiger partial charge in [-0.15, -0.1) is 0 Å². The number of hydrogen-bond donors (Lipinski definition) is 2. The molecule has 6 heteroatoms. The molecule has 0 fully saturated rings. The normalized spacial score (nSPS) is 12.2. The Kier molecular flexibility index (Phi) is 4.80. The molecule has 0 aliphatic heterocycles. The van der Waals surface area contributed by atoms with Crippen LogP contribution < -0.4 is 10.5 Å². The summed E-state index contributed by atoms with van der Waals surface area (Å²) in [6.45, 7) is 0.408. The number of nitrogens with two attached hydrogens (primary N) is 1. The van der Waals surface area contributed by atoms with Crippen molar-refractivity contribution in [1.29, 1.82) is 0 Å². The van der Waals surface area contributed by atoms with Gasteiger partial charge in [0.05, 0.1) is 5.52 Å². The van der Waals surface area contributed by atoms with Crippen molar-refractivity contribution in [3.63, 3.8) is 0 Å². The summed E-state index contributed by atoms with van der Waals surface area (Å²) in [5, 5.41) is 8.18. The average molecular weight is 362 g/mol. The molecule has 5 nitrogen and oxygen atoms in total. The highest BCUT2D eigenvalue weighted by Gasteiger charge is 2.11. The highest BCUT2D eigenvalue weighted by molar-refractivity contribution is 5.93. The molecule has 3 N–H and O–H groups in total. The van der Waals surface area contributed by atoms with Crippen LogP contribution in [0.1, 0.15) is 5.56 Å². The number of benzene rings is 2. The maximum absolute atomic E-state index is 13.1. The van der Waals surface area contributed by atoms with Gasteiger partial charge in [0.25, 0.3) is 0 Å². The quantitative estimate of drug-likeness (QED) is 0.513. The number of nitrogens with one attached hydrogen (secondary N) is 1. The van der Waals surface area contributed by atoms with Gasteiger partial charge >= 0.3 is 0 Å². The molecule has 0 radical (unpaired) electrons. The number of ether oxygens (including phenoxy) is 1. The third-order valence-corrected chi connectivity index (χ3v) is 4.34. The van der Waals surface area contributed by atoms with Crippen LogP contribution in [0.25, 0.3) is 22.2 Å². The molecule has 0 bridgehead atoms. The molecular formula is C21H19FN4O. The minimum atomic E-state index is -0.519. The van der Waals surface area contributed by atoms with Crippen LogP contribution in [0.4, 0.5) is 4.39 Å². The van der Waals surface area contributed by atoms with Crippen LogP contribution in [0.3, 0.4) is 0 Å². The number of aromatic nitrogens is 3. The summed E-state index contributed by atoms with van der Waals surface area (Å²) < 4.78 is 19.0. The van der Waals surface area contributed by atoms with Crippen LogP contribution in [-0.4, -0.2) is 27.8 Å². The van der Waals surface area contributed by atoms with Crippen LogP contribution in [0.2, 0.25) is 0 Å². The molecule has 0 aliphatic carbocycles. The van der Waals surface area contributed by atoms with Gasteiger partial charge in [-0.3, -0.25) is 5.10 Å². The molecule has 4 aromatic rings. The molecule has 2 aromatic carbocycles. The van der Waals surface area contributed by atoms with Gasteiger partial charge < -0.3 is 10.5 Å². The van der Waals surface area contributed by atoms with Crippen LogP contribution in [0.15, 0.2) is 66.9 Å². The molecule has 0 saturated heterocycles. The summed E-state index contributed by atoms with van der Waals surface area (Å²) >= 11 is 0. The Labute approximate surface area is 156 Å². The minimum absolute atomic E-state index is 0.104. The van der Waals surface area contributed by atoms with E-state index >= 15 is 0 Å². The van der Waals surface area contributed by atoms with E-state index in [1.807, 2.05) is 36.4 Å². The smallest absolute Gasteiger partial charge is 0.212 e. The molecule has 1 atom stereocenters. The zero-order valence-electron chi connectivity index (χ0n) is 14.6. The number of rotatable bonds is 6. The number of pyridine rings is 1. The lowest BCUT2D eigenvalue weighted by molar-refractivity contribution is 0.288. The van der Waals surface area contributed by atoms with E-state index in [2.05, 4.69) is 27.3 Å². The van der Waals surface area contributed by atoms with Gasteiger partial charge in [0, 0.05) is 23.2 Å². The molecule has 2 aromatic heterocycles. The van der Waals surface area contributed by atoms with Crippen molar-refractivity contribution < 1.29 is 9.13 Å². The molecule has 0 aliphatic rings. The summed E-state index contributed by atoms with van der Waals surface area (Å²) in [6.07, 6.45) is 2.22. The lowest BCUT2D eigenvalue weighted by atomic mass is 10.1. The summed E-state index contributed by atoms with van der Waals surface area (Å²) in [6, 6.07) is 18.7. The highest BCUT2D eigenvalue weighted by atomic mass is 19.1. The summed E-state index contributed by atoms with van der Waals surface area (Å²) in [4.78, 5) is 3.70. The van der Waals surface area contributed by atoms with E-state index in [-0.39, 0.29) is 6.04 Å². The molecule has 1 unspecified atom stereocenters. The zero-order chi connectivity index (χ0) is 18.6. The van der Waals surface area contributed by atoms with E-state index in [0.29, 0.717) is 18.1 Å². The predicted octanol–water partition coefficient (Wildman–Crippen LogP) is 3.71. The van der Waals surface area contributed by atoms with Crippen LogP contribution in [0.5, 0.6) is 5.75 Å². The van der Waals surface area contributed by atoms with Crippen LogP contribution in [-0.2, 0) is 6.42 Å². The van der Waals surface area contributed by atoms with Crippen molar-refractivity contribution in [3.05, 3.63) is 78.4 Å². The van der Waals surface area contributed by atoms with Gasteiger partial charge in [0.2, 0.25) is 5.95 Å². The second-order valence-electron chi connectivity index (χ2n) is 6.41. The topological polar surface area (TPSA) is 76.8 Å². The third-order valence-electron chi connectivity index (χ3n) is 4.34. The zero-order valence-corrected chi connectivity index (χ0v) is 14.6. The monoisotopic (exact) mass is 362 g/mol. The van der Waals surface area contributed by atoms with Crippen molar-refractivity contribution in [3.8, 4) is 17.0 Å². The lowest BCUT2D eigenvalue weighted by Gasteiger charge is -2.13. The van der Waals surface area contributed by atoms with Crippen molar-refractivity contribution in [1.82, 2.24) is 15.2 Å². The molecule has 27 heavy (non-hydrogen) atoms. The Bertz CT molecular complexity index is 1030. The summed E-state index contributed by atoms with van der Waals surface area (Å²) in [5.74, 6) is 0.193. The van der Waals surface area contributed by atoms with Crippen molar-refractivity contribution in [2.75, 3.05) is 6.61 Å². The lowest BCUT2D eigenvalue weighted by Crippen LogP contribution is -2.30. The third kappa shape index (κ3) is 3.96. The minimum Gasteiger partial charge on any atom is -0.492 e. The standard InChI is InChI=1S/C21H19FN4O/c22-20-9-6-15(12-24-20)21-18-11-17(7-8-19(18)25-26-21)27-13-16(23)10-14-4-2-1-3-5-14/h1-9,11-12,16H,10,13,23H2,(H,25,26). The van der Waals surface area contributed by atoms with Gasteiger partial charge in [-0.25, -0.2) is 4.98 Å². The molecule has 2 heterocycles. The van der Waals surface area contributed by atoms with E-state index in [4.69, 9.17) is 10.5 Å². The molecule has 4 rings (SSSR count). The number of H-pyrrole nitrogens is 1. The number of aromatic amines is 1. The maximum Gasteiger partial charge on any atom is 0.212 e. The van der Waals surface area contributed by atoms with E-state index < -0.39 is 5.95 Å². The molecule has 0 amide bonds. The number of hydrogen-bond acceptors (Lipinski definition) is 4. The first-order valence-electron chi connectivity index (χ1n) is 8.71. The SMILES string of the molecule is NC(COc1ccc2[nH]nc(-c3ccc(F)nc3)c2c1)Cc1ccccc1. The first kappa shape index (κ1) is 17.2. The number of fused-ring (bicyclic) bond motifs is 1. The highest BCUT2D eigenvalue weighted by Crippen LogP contribution is 2.29. The van der Waals surface area contributed by atoms with Crippen molar-refractivity contribution in [2.45, 2.75) is 12.5 Å². The Balaban J connectivity index is 1.49. The summed E-state index contributed by atoms with van der Waals surface area (Å²) in [5.41, 5.74) is 9.69. The van der Waals surface area contributed by atoms with Gasteiger partial charge in [0.15, 0.2) is 0 Å². The van der Waals surface area contributed by atoms with E-state index in [0.717, 1.165) is 22.9 Å². The predicted molar refractivity (Wildman–Crippen MR) is 103 cm³/mol. The molecule has 0 saturated carbocycles. The average Bonchev–Trinajstić information content (AvgIpc) is 3.11. The Morgan fingerprint density at radius 1 is 1.07 bits per heavy atom. The van der Waals surface area contributed by atoms with Crippen molar-refractivity contribution >= 4 is 10.9 Å². The number of nitrogens with zero attached hydrogens (tertiary/aromatic N) is 2. The number of halogens is 1. The van der Waals surface area contributed by atoms with E-state index in [1.54, 1.807) is 6.07 Å². The maximum atomic E-state index is 13.1. The van der Waals surface area contributed by atoms with E-state index in [9.17, 15) is 4.39 Å². The van der Waals surface area contributed by atoms with Crippen molar-refractivity contribution in [2.24, 2.45) is 5.73 Å². The first-order chi connectivity index (χ1) is 13.2. The van der Waals surface area contributed by atoms with Gasteiger partial charge in [-0.1, -0.05) is 30.3 Å². The fourth-order valence-electron chi connectivity index (χ4n) is 3.00. The Morgan fingerprint density at radius 2 is 1.93 bits per heavy atom. The first-order valence-corrected chi connectivity index (χ1v) is 8.71. The van der Waals surface area contributed by atoms with E-state index in [1.165, 1.54) is 17.8 Å². The molecule has 0 spiro atoms. The molecular weight excluding hydrogens is 343 g/mol. The second-order valence-corrected chi connectivity index (χ2v) is 6.41. The Morgan fingerprint density at radius 3 is 2.70 bits per heavy atom. The van der Waals surface area contributed by atoms with Gasteiger partial charge in [-0.2, -0.15) is 9.49 Å². The summed E-state index contributed by atoms with van der Waals surface area (Å²) in [7, 11) is 0. The second kappa shape index (κ2) is 7.55. The van der Waals surface area contributed by atoms with Gasteiger partial charge in [0.1, 0.15) is 18.1 Å². The van der Waals surface area contributed by atoms with Gasteiger partial charge in [-0.05, 0) is 42.3 Å². The van der Waals surface area contributed by atoms with Crippen LogP contribution in [0, 0.1) is 5.95 Å².